The van der Waals surface area contributed by atoms with Gasteiger partial charge >= 0.3 is 6.03 Å². The zero-order valence-corrected chi connectivity index (χ0v) is 13.4. The van der Waals surface area contributed by atoms with Gasteiger partial charge in [0.25, 0.3) is 0 Å². The van der Waals surface area contributed by atoms with E-state index < -0.39 is 0 Å². The molecule has 0 aromatic carbocycles. The molecule has 5 nitrogen and oxygen atoms in total. The van der Waals surface area contributed by atoms with E-state index in [-0.39, 0.29) is 18.2 Å². The molecule has 2 N–H and O–H groups in total. The summed E-state index contributed by atoms with van der Waals surface area (Å²) in [5.74, 6) is 0.563. The van der Waals surface area contributed by atoms with Crippen molar-refractivity contribution in [1.82, 2.24) is 10.2 Å². The number of hydrogen-bond donors (Lipinski definition) is 2. The maximum absolute atomic E-state index is 12.2. The van der Waals surface area contributed by atoms with Gasteiger partial charge in [0.1, 0.15) is 0 Å². The minimum absolute atomic E-state index is 0.0544. The van der Waals surface area contributed by atoms with Gasteiger partial charge in [-0.05, 0) is 44.4 Å². The largest absolute Gasteiger partial charge is 0.393 e. The summed E-state index contributed by atoms with van der Waals surface area (Å²) in [7, 11) is 0. The van der Waals surface area contributed by atoms with Crippen molar-refractivity contribution in [2.45, 2.75) is 70.6 Å². The average Bonchev–Trinajstić information content (AvgIpc) is 2.48. The zero-order valence-electron chi connectivity index (χ0n) is 13.4. The fourth-order valence-corrected chi connectivity index (χ4v) is 3.04. The number of urea groups is 1. The summed E-state index contributed by atoms with van der Waals surface area (Å²) in [5, 5.41) is 12.6. The lowest BCUT2D eigenvalue weighted by atomic mass is 9.93. The van der Waals surface area contributed by atoms with Crippen LogP contribution in [0.2, 0.25) is 0 Å². The summed E-state index contributed by atoms with van der Waals surface area (Å²) >= 11 is 0. The van der Waals surface area contributed by atoms with Crippen LogP contribution in [0.15, 0.2) is 0 Å². The molecule has 1 saturated carbocycles. The second-order valence-corrected chi connectivity index (χ2v) is 6.87. The van der Waals surface area contributed by atoms with Crippen molar-refractivity contribution in [1.29, 1.82) is 0 Å². The molecule has 5 heteroatoms. The molecule has 2 fully saturated rings. The molecule has 1 saturated heterocycles. The third-order valence-corrected chi connectivity index (χ3v) is 4.42. The summed E-state index contributed by atoms with van der Waals surface area (Å²) in [6.45, 7) is 6.68. The molecule has 0 aromatic rings. The molecule has 0 radical (unpaired) electrons. The number of aliphatic hydroxyl groups is 1. The van der Waals surface area contributed by atoms with E-state index in [0.717, 1.165) is 58.2 Å². The number of amides is 2. The maximum atomic E-state index is 12.2. The molecule has 0 spiro atoms. The number of piperidine rings is 1. The van der Waals surface area contributed by atoms with E-state index in [1.807, 2.05) is 4.90 Å². The number of carbonyl (C=O) groups is 1. The average molecular weight is 298 g/mol. The van der Waals surface area contributed by atoms with Crippen LogP contribution < -0.4 is 5.32 Å². The number of aliphatic hydroxyl groups excluding tert-OH is 1. The summed E-state index contributed by atoms with van der Waals surface area (Å²) in [4.78, 5) is 14.1. The van der Waals surface area contributed by atoms with Gasteiger partial charge in [-0.2, -0.15) is 0 Å². The van der Waals surface area contributed by atoms with E-state index in [4.69, 9.17) is 4.74 Å². The topological polar surface area (TPSA) is 61.8 Å². The molecule has 2 rings (SSSR count). The minimum atomic E-state index is -0.174. The molecular weight excluding hydrogens is 268 g/mol. The highest BCUT2D eigenvalue weighted by molar-refractivity contribution is 5.74. The predicted octanol–water partition coefficient (Wildman–Crippen LogP) is 2.14. The predicted molar refractivity (Wildman–Crippen MR) is 82.2 cm³/mol. The van der Waals surface area contributed by atoms with Gasteiger partial charge < -0.3 is 20.1 Å². The van der Waals surface area contributed by atoms with Crippen molar-refractivity contribution in [2.24, 2.45) is 5.92 Å². The summed E-state index contributed by atoms with van der Waals surface area (Å²) in [6.07, 6.45) is 5.38. The van der Waals surface area contributed by atoms with Gasteiger partial charge in [0.2, 0.25) is 0 Å². The van der Waals surface area contributed by atoms with E-state index >= 15 is 0 Å². The lowest BCUT2D eigenvalue weighted by Gasteiger charge is -2.34. The first-order chi connectivity index (χ1) is 10.0. The first kappa shape index (κ1) is 16.6. The summed E-state index contributed by atoms with van der Waals surface area (Å²) in [5.41, 5.74) is 0. The Labute approximate surface area is 128 Å². The molecule has 21 heavy (non-hydrogen) atoms. The van der Waals surface area contributed by atoms with Crippen molar-refractivity contribution >= 4 is 6.03 Å². The Morgan fingerprint density at radius 3 is 2.38 bits per heavy atom. The lowest BCUT2D eigenvalue weighted by Crippen LogP contribution is -2.49. The minimum Gasteiger partial charge on any atom is -0.393 e. The summed E-state index contributed by atoms with van der Waals surface area (Å²) in [6, 6.07) is 0.287. The second-order valence-electron chi connectivity index (χ2n) is 6.87. The number of nitrogens with one attached hydrogen (secondary N) is 1. The highest BCUT2D eigenvalue weighted by Crippen LogP contribution is 2.19. The van der Waals surface area contributed by atoms with Crippen LogP contribution in [0.3, 0.4) is 0 Å². The standard InChI is InChI=1S/C16H30N2O3/c1-12(2)11-21-15-7-9-18(10-8-15)16(20)17-13-3-5-14(19)6-4-13/h12-15,19H,3-11H2,1-2H3,(H,17,20). The number of hydrogen-bond acceptors (Lipinski definition) is 3. The lowest BCUT2D eigenvalue weighted by molar-refractivity contribution is 0.00175. The Balaban J connectivity index is 1.66. The molecule has 2 aliphatic rings. The van der Waals surface area contributed by atoms with Crippen molar-refractivity contribution in [3.63, 3.8) is 0 Å². The summed E-state index contributed by atoms with van der Waals surface area (Å²) < 4.78 is 5.85. The molecule has 0 aromatic heterocycles. The highest BCUT2D eigenvalue weighted by Gasteiger charge is 2.26. The fourth-order valence-electron chi connectivity index (χ4n) is 3.04. The first-order valence-electron chi connectivity index (χ1n) is 8.39. The van der Waals surface area contributed by atoms with E-state index in [2.05, 4.69) is 19.2 Å². The number of likely N-dealkylation sites (tertiary alicyclic amines) is 1. The third kappa shape index (κ3) is 5.47. The van der Waals surface area contributed by atoms with Crippen LogP contribution in [0.4, 0.5) is 4.79 Å². The molecule has 0 bridgehead atoms. The number of nitrogens with zero attached hydrogens (tertiary/aromatic N) is 1. The van der Waals surface area contributed by atoms with E-state index in [1.165, 1.54) is 0 Å². The van der Waals surface area contributed by atoms with Gasteiger partial charge in [-0.1, -0.05) is 13.8 Å². The van der Waals surface area contributed by atoms with Crippen molar-refractivity contribution in [3.05, 3.63) is 0 Å². The SMILES string of the molecule is CC(C)COC1CCN(C(=O)NC2CCC(O)CC2)CC1. The molecule has 1 aliphatic carbocycles. The smallest absolute Gasteiger partial charge is 0.317 e. The van der Waals surface area contributed by atoms with Crippen LogP contribution in [0.25, 0.3) is 0 Å². The van der Waals surface area contributed by atoms with Crippen LogP contribution in [0.1, 0.15) is 52.4 Å². The Morgan fingerprint density at radius 2 is 1.81 bits per heavy atom. The van der Waals surface area contributed by atoms with E-state index in [9.17, 15) is 9.90 Å². The number of rotatable bonds is 4. The number of ether oxygens (including phenoxy) is 1. The van der Waals surface area contributed by atoms with Crippen LogP contribution in [0.5, 0.6) is 0 Å². The second kappa shape index (κ2) is 7.99. The quantitative estimate of drug-likeness (QED) is 0.836. The van der Waals surface area contributed by atoms with E-state index in [1.54, 1.807) is 0 Å². The van der Waals surface area contributed by atoms with Gasteiger partial charge in [0.15, 0.2) is 0 Å². The molecular formula is C16H30N2O3. The van der Waals surface area contributed by atoms with Gasteiger partial charge in [-0.25, -0.2) is 4.79 Å². The van der Waals surface area contributed by atoms with Gasteiger partial charge in [0.05, 0.1) is 12.2 Å². The Hall–Kier alpha value is -0.810. The first-order valence-corrected chi connectivity index (χ1v) is 8.39. The molecule has 122 valence electrons. The zero-order chi connectivity index (χ0) is 15.2. The Kier molecular flexibility index (Phi) is 6.30. The molecule has 2 amide bonds. The molecule has 1 heterocycles. The number of carbonyl (C=O) groups excluding carboxylic acids is 1. The molecule has 1 aliphatic heterocycles. The Bertz CT molecular complexity index is 319. The van der Waals surface area contributed by atoms with Gasteiger partial charge in [0, 0.05) is 25.7 Å². The van der Waals surface area contributed by atoms with Crippen molar-refractivity contribution in [3.8, 4) is 0 Å². The third-order valence-electron chi connectivity index (χ3n) is 4.42. The van der Waals surface area contributed by atoms with Gasteiger partial charge in [-0.15, -0.1) is 0 Å². The van der Waals surface area contributed by atoms with Crippen molar-refractivity contribution < 1.29 is 14.6 Å². The van der Waals surface area contributed by atoms with Crippen LogP contribution in [-0.2, 0) is 4.74 Å². The maximum Gasteiger partial charge on any atom is 0.317 e. The Morgan fingerprint density at radius 1 is 1.19 bits per heavy atom. The van der Waals surface area contributed by atoms with Crippen LogP contribution in [-0.4, -0.2) is 54.0 Å². The molecule has 0 atom stereocenters. The monoisotopic (exact) mass is 298 g/mol. The normalized spacial score (nSPS) is 27.9. The van der Waals surface area contributed by atoms with E-state index in [0.29, 0.717) is 12.0 Å². The van der Waals surface area contributed by atoms with Crippen LogP contribution in [0, 0.1) is 5.92 Å². The van der Waals surface area contributed by atoms with Gasteiger partial charge in [-0.3, -0.25) is 0 Å². The van der Waals surface area contributed by atoms with Crippen molar-refractivity contribution in [2.75, 3.05) is 19.7 Å². The molecule has 0 unspecified atom stereocenters. The van der Waals surface area contributed by atoms with Crippen LogP contribution >= 0.6 is 0 Å². The fraction of sp³-hybridized carbons (Fsp3) is 0.938. The highest BCUT2D eigenvalue weighted by atomic mass is 16.5.